The quantitative estimate of drug-likeness (QED) is 0.366. The number of hydrogen-bond acceptors (Lipinski definition) is 7. The number of amides is 1. The van der Waals surface area contributed by atoms with Gasteiger partial charge in [0.25, 0.3) is 12.3 Å². The summed E-state index contributed by atoms with van der Waals surface area (Å²) in [6.45, 7) is -2.64. The highest BCUT2D eigenvalue weighted by molar-refractivity contribution is 5.90. The van der Waals surface area contributed by atoms with Crippen LogP contribution in [-0.4, -0.2) is 56.9 Å². The zero-order valence-corrected chi connectivity index (χ0v) is 18.1. The number of halogens is 4. The maximum atomic E-state index is 13.5. The summed E-state index contributed by atoms with van der Waals surface area (Å²) < 4.78 is 59.7. The summed E-state index contributed by atoms with van der Waals surface area (Å²) in [6, 6.07) is 6.44. The zero-order valence-electron chi connectivity index (χ0n) is 18.1. The molecular formula is C21H15F4N9O2. The fourth-order valence-corrected chi connectivity index (χ4v) is 4.25. The highest BCUT2D eigenvalue weighted by Gasteiger charge is 2.38. The van der Waals surface area contributed by atoms with Gasteiger partial charge in [-0.3, -0.25) is 4.79 Å². The van der Waals surface area contributed by atoms with Crippen LogP contribution < -0.4 is 0 Å². The van der Waals surface area contributed by atoms with Crippen molar-refractivity contribution in [1.29, 1.82) is 0 Å². The van der Waals surface area contributed by atoms with E-state index >= 15 is 0 Å². The molecule has 15 heteroatoms. The standard InChI is InChI=1S/C21H15F4N9O2/c22-17(23)14-3-1-2-10-8-13(31-34(10)14)16-15-11(26-9-27-15)4-6-32(16)20(35)19-29-28-18(36-19)12-5-7-33(30-12)21(24)25/h1-3,5,7-9,16-17,21H,4,6H2,(H,26,27). The average molecular weight is 501 g/mol. The van der Waals surface area contributed by atoms with E-state index in [1.54, 1.807) is 12.1 Å². The van der Waals surface area contributed by atoms with Crippen molar-refractivity contribution in [3.63, 3.8) is 0 Å². The lowest BCUT2D eigenvalue weighted by molar-refractivity contribution is 0.0566. The van der Waals surface area contributed by atoms with Crippen LogP contribution in [0.4, 0.5) is 17.6 Å². The van der Waals surface area contributed by atoms with E-state index in [-0.39, 0.29) is 23.8 Å². The number of pyridine rings is 1. The smallest absolute Gasteiger partial charge is 0.333 e. The first kappa shape index (κ1) is 21.9. The molecule has 5 aromatic heterocycles. The Balaban J connectivity index is 1.38. The number of carbonyl (C=O) groups is 1. The number of imidazole rings is 1. The molecule has 1 amide bonds. The first-order valence-electron chi connectivity index (χ1n) is 10.7. The molecule has 5 aromatic rings. The Hall–Kier alpha value is -4.56. The molecule has 6 heterocycles. The first-order valence-corrected chi connectivity index (χ1v) is 10.7. The third-order valence-corrected chi connectivity index (χ3v) is 5.86. The van der Waals surface area contributed by atoms with Gasteiger partial charge in [-0.25, -0.2) is 23.0 Å². The van der Waals surface area contributed by atoms with Crippen LogP contribution in [0.5, 0.6) is 0 Å². The van der Waals surface area contributed by atoms with Crippen LogP contribution in [0.3, 0.4) is 0 Å². The Bertz CT molecular complexity index is 1570. The Kier molecular flexibility index (Phi) is 5.05. The van der Waals surface area contributed by atoms with Gasteiger partial charge in [0, 0.05) is 24.9 Å². The molecule has 0 saturated heterocycles. The van der Waals surface area contributed by atoms with Crippen molar-refractivity contribution in [3.8, 4) is 11.6 Å². The third-order valence-electron chi connectivity index (χ3n) is 5.86. The van der Waals surface area contributed by atoms with Crippen LogP contribution >= 0.6 is 0 Å². The van der Waals surface area contributed by atoms with Gasteiger partial charge in [0.15, 0.2) is 0 Å². The van der Waals surface area contributed by atoms with Crippen LogP contribution in [0.1, 0.15) is 52.5 Å². The number of hydrogen-bond donors (Lipinski definition) is 1. The summed E-state index contributed by atoms with van der Waals surface area (Å²) >= 11 is 0. The molecule has 0 aliphatic carbocycles. The maximum absolute atomic E-state index is 13.5. The number of nitrogens with zero attached hydrogens (tertiary/aromatic N) is 8. The predicted molar refractivity (Wildman–Crippen MR) is 112 cm³/mol. The monoisotopic (exact) mass is 501 g/mol. The van der Waals surface area contributed by atoms with E-state index in [1.165, 1.54) is 29.4 Å². The molecule has 0 aromatic carbocycles. The molecular weight excluding hydrogens is 486 g/mol. The van der Waals surface area contributed by atoms with Crippen LogP contribution in [-0.2, 0) is 6.42 Å². The minimum atomic E-state index is -2.85. The van der Waals surface area contributed by atoms with Gasteiger partial charge >= 0.3 is 18.3 Å². The summed E-state index contributed by atoms with van der Waals surface area (Å²) in [5, 5.41) is 15.6. The second kappa shape index (κ2) is 8.28. The van der Waals surface area contributed by atoms with Gasteiger partial charge < -0.3 is 14.3 Å². The molecule has 0 spiro atoms. The minimum Gasteiger partial charge on any atom is -0.411 e. The lowest BCUT2D eigenvalue weighted by Gasteiger charge is -2.32. The maximum Gasteiger partial charge on any atom is 0.333 e. The van der Waals surface area contributed by atoms with E-state index in [0.717, 1.165) is 16.4 Å². The van der Waals surface area contributed by atoms with Crippen molar-refractivity contribution >= 4 is 11.4 Å². The Morgan fingerprint density at radius 3 is 2.78 bits per heavy atom. The highest BCUT2D eigenvalue weighted by atomic mass is 19.3. The molecule has 1 unspecified atom stereocenters. The van der Waals surface area contributed by atoms with Crippen molar-refractivity contribution in [2.75, 3.05) is 6.54 Å². The number of alkyl halides is 4. The summed E-state index contributed by atoms with van der Waals surface area (Å²) in [4.78, 5) is 22.2. The number of H-pyrrole nitrogens is 1. The van der Waals surface area contributed by atoms with Crippen molar-refractivity contribution < 1.29 is 26.8 Å². The van der Waals surface area contributed by atoms with Gasteiger partial charge in [-0.2, -0.15) is 19.0 Å². The Morgan fingerprint density at radius 2 is 2.00 bits per heavy atom. The van der Waals surface area contributed by atoms with Gasteiger partial charge in [0.1, 0.15) is 17.4 Å². The Morgan fingerprint density at radius 1 is 1.14 bits per heavy atom. The summed E-state index contributed by atoms with van der Waals surface area (Å²) in [5.74, 6) is -1.26. The van der Waals surface area contributed by atoms with Gasteiger partial charge in [-0.15, -0.1) is 10.2 Å². The molecule has 11 nitrogen and oxygen atoms in total. The van der Waals surface area contributed by atoms with Crippen LogP contribution in [0.25, 0.3) is 17.1 Å². The molecule has 1 atom stereocenters. The molecule has 1 N–H and O–H groups in total. The van der Waals surface area contributed by atoms with Gasteiger partial charge in [-0.1, -0.05) is 6.07 Å². The minimum absolute atomic E-state index is 0.0217. The fraction of sp³-hybridized carbons (Fsp3) is 0.238. The number of aromatic nitrogens is 8. The number of aromatic amines is 1. The van der Waals surface area contributed by atoms with Crippen molar-refractivity contribution in [2.24, 2.45) is 0 Å². The second-order valence-electron chi connectivity index (χ2n) is 7.95. The van der Waals surface area contributed by atoms with E-state index < -0.39 is 30.8 Å². The van der Waals surface area contributed by atoms with E-state index in [2.05, 4.69) is 30.4 Å². The fourth-order valence-electron chi connectivity index (χ4n) is 4.25. The van der Waals surface area contributed by atoms with Crippen molar-refractivity contribution in [1.82, 2.24) is 44.5 Å². The summed E-state index contributed by atoms with van der Waals surface area (Å²) in [5.41, 5.74) is 1.71. The summed E-state index contributed by atoms with van der Waals surface area (Å²) in [7, 11) is 0. The molecule has 0 radical (unpaired) electrons. The normalized spacial score (nSPS) is 15.8. The number of rotatable bonds is 5. The number of nitrogens with one attached hydrogen (secondary N) is 1. The molecule has 6 rings (SSSR count). The van der Waals surface area contributed by atoms with E-state index in [1.807, 2.05) is 0 Å². The molecule has 36 heavy (non-hydrogen) atoms. The molecule has 0 bridgehead atoms. The van der Waals surface area contributed by atoms with Crippen LogP contribution in [0, 0.1) is 0 Å². The number of carbonyl (C=O) groups excluding carboxylic acids is 1. The lowest BCUT2D eigenvalue weighted by Crippen LogP contribution is -2.41. The van der Waals surface area contributed by atoms with E-state index in [0.29, 0.717) is 28.0 Å². The average Bonchev–Trinajstić information content (AvgIpc) is 3.66. The highest BCUT2D eigenvalue weighted by Crippen LogP contribution is 2.35. The molecule has 0 saturated carbocycles. The van der Waals surface area contributed by atoms with Gasteiger partial charge in [0.2, 0.25) is 0 Å². The van der Waals surface area contributed by atoms with Gasteiger partial charge in [-0.05, 0) is 24.3 Å². The first-order chi connectivity index (χ1) is 17.4. The van der Waals surface area contributed by atoms with Crippen LogP contribution in [0.15, 0.2) is 47.3 Å². The van der Waals surface area contributed by atoms with Crippen LogP contribution in [0.2, 0.25) is 0 Å². The zero-order chi connectivity index (χ0) is 25.0. The molecule has 184 valence electrons. The SMILES string of the molecule is O=C(c1nnc(-c2ccn(C(F)F)n2)o1)N1CCc2[nH]cnc2C1c1cc2cccc(C(F)F)n2n1. The molecule has 1 aliphatic rings. The molecule has 0 fully saturated rings. The topological polar surface area (TPSA) is 123 Å². The third kappa shape index (κ3) is 3.50. The van der Waals surface area contributed by atoms with Crippen molar-refractivity contribution in [2.45, 2.75) is 25.4 Å². The Labute approximate surface area is 198 Å². The molecule has 1 aliphatic heterocycles. The lowest BCUT2D eigenvalue weighted by atomic mass is 9.99. The van der Waals surface area contributed by atoms with E-state index in [9.17, 15) is 22.4 Å². The van der Waals surface area contributed by atoms with Gasteiger partial charge in [0.05, 0.1) is 23.2 Å². The van der Waals surface area contributed by atoms with E-state index in [4.69, 9.17) is 4.42 Å². The van der Waals surface area contributed by atoms with Crippen molar-refractivity contribution in [3.05, 3.63) is 71.5 Å². The predicted octanol–water partition coefficient (Wildman–Crippen LogP) is 3.42. The number of fused-ring (bicyclic) bond motifs is 2. The largest absolute Gasteiger partial charge is 0.411 e. The summed E-state index contributed by atoms with van der Waals surface area (Å²) in [6.07, 6.45) is 0.211. The second-order valence-corrected chi connectivity index (χ2v) is 7.95.